The van der Waals surface area contributed by atoms with Crippen molar-refractivity contribution in [1.29, 1.82) is 5.26 Å². The Morgan fingerprint density at radius 1 is 1.38 bits per heavy atom. The highest BCUT2D eigenvalue weighted by Crippen LogP contribution is 2.22. The minimum Gasteiger partial charge on any atom is -0.387 e. The molecule has 2 aromatic heterocycles. The van der Waals surface area contributed by atoms with Gasteiger partial charge < -0.3 is 9.73 Å². The van der Waals surface area contributed by atoms with Gasteiger partial charge in [0.1, 0.15) is 6.04 Å². The van der Waals surface area contributed by atoms with Crippen LogP contribution in [0.5, 0.6) is 0 Å². The summed E-state index contributed by atoms with van der Waals surface area (Å²) >= 11 is 1.39. The highest BCUT2D eigenvalue weighted by Gasteiger charge is 2.21. The summed E-state index contributed by atoms with van der Waals surface area (Å²) < 4.78 is 6.11. The number of carbonyl (C=O) groups is 1. The first-order valence-electron chi connectivity index (χ1n) is 7.03. The normalized spacial score (nSPS) is 11.7. The van der Waals surface area contributed by atoms with E-state index >= 15 is 0 Å². The summed E-state index contributed by atoms with van der Waals surface area (Å²) in [6.45, 7) is 1.56. The van der Waals surface area contributed by atoms with Gasteiger partial charge in [-0.15, -0.1) is 16.4 Å². The highest BCUT2D eigenvalue weighted by molar-refractivity contribution is 7.13. The molecule has 8 heteroatoms. The highest BCUT2D eigenvalue weighted by atomic mass is 32.1. The Morgan fingerprint density at radius 3 is 2.75 bits per heavy atom. The van der Waals surface area contributed by atoms with Crippen LogP contribution in [0.25, 0.3) is 10.8 Å². The van der Waals surface area contributed by atoms with Gasteiger partial charge >= 0.3 is 5.76 Å². The molecule has 0 fully saturated rings. The minimum atomic E-state index is -0.842. The van der Waals surface area contributed by atoms with Gasteiger partial charge in [0.25, 0.3) is 5.89 Å². The van der Waals surface area contributed by atoms with Crippen LogP contribution in [0.1, 0.15) is 18.5 Å². The number of benzene rings is 1. The second kappa shape index (κ2) is 6.52. The molecule has 1 aromatic carbocycles. The van der Waals surface area contributed by atoms with Crippen molar-refractivity contribution in [2.45, 2.75) is 13.0 Å². The first-order valence-corrected chi connectivity index (χ1v) is 7.91. The fourth-order valence-corrected chi connectivity index (χ4v) is 2.66. The molecule has 3 rings (SSSR count). The van der Waals surface area contributed by atoms with E-state index in [1.807, 2.05) is 17.5 Å². The molecule has 0 saturated carbocycles. The lowest BCUT2D eigenvalue weighted by Crippen LogP contribution is -2.30. The Morgan fingerprint density at radius 2 is 2.12 bits per heavy atom. The van der Waals surface area contributed by atoms with E-state index in [-0.39, 0.29) is 5.89 Å². The SMILES string of the molecule is C[C@@H](C(=O)Nc1ccc(C#N)cc1)n1nc(-c2cccs2)oc1=O. The Kier molecular flexibility index (Phi) is 4.26. The average Bonchev–Trinajstić information content (AvgIpc) is 3.24. The van der Waals surface area contributed by atoms with Crippen molar-refractivity contribution in [3.63, 3.8) is 0 Å². The van der Waals surface area contributed by atoms with Crippen molar-refractivity contribution < 1.29 is 9.21 Å². The van der Waals surface area contributed by atoms with E-state index in [0.29, 0.717) is 16.1 Å². The maximum Gasteiger partial charge on any atom is 0.438 e. The molecular formula is C16H12N4O3S. The van der Waals surface area contributed by atoms with Gasteiger partial charge in [-0.2, -0.15) is 9.94 Å². The summed E-state index contributed by atoms with van der Waals surface area (Å²) in [6, 6.07) is 11.2. The molecule has 0 aliphatic carbocycles. The van der Waals surface area contributed by atoms with Gasteiger partial charge in [-0.05, 0) is 42.6 Å². The average molecular weight is 340 g/mol. The van der Waals surface area contributed by atoms with Gasteiger partial charge in [-0.1, -0.05) is 6.07 Å². The van der Waals surface area contributed by atoms with Crippen molar-refractivity contribution in [2.75, 3.05) is 5.32 Å². The molecule has 0 aliphatic heterocycles. The van der Waals surface area contributed by atoms with Crippen molar-refractivity contribution in [3.05, 3.63) is 57.9 Å². The third-order valence-corrected chi connectivity index (χ3v) is 4.19. The predicted molar refractivity (Wildman–Crippen MR) is 88.6 cm³/mol. The van der Waals surface area contributed by atoms with Crippen LogP contribution in [0, 0.1) is 11.3 Å². The lowest BCUT2D eigenvalue weighted by atomic mass is 10.2. The number of nitrogens with zero attached hydrogens (tertiary/aromatic N) is 3. The molecule has 0 unspecified atom stereocenters. The van der Waals surface area contributed by atoms with Gasteiger partial charge in [0.05, 0.1) is 16.5 Å². The number of rotatable bonds is 4. The van der Waals surface area contributed by atoms with E-state index in [2.05, 4.69) is 10.4 Å². The number of anilines is 1. The molecule has 1 N–H and O–H groups in total. The first kappa shape index (κ1) is 15.7. The number of carbonyl (C=O) groups excluding carboxylic acids is 1. The minimum absolute atomic E-state index is 0.188. The number of thiophene rings is 1. The van der Waals surface area contributed by atoms with Gasteiger partial charge in [-0.25, -0.2) is 4.79 Å². The second-order valence-corrected chi connectivity index (χ2v) is 5.90. The summed E-state index contributed by atoms with van der Waals surface area (Å²) in [4.78, 5) is 25.0. The van der Waals surface area contributed by atoms with E-state index in [0.717, 1.165) is 4.68 Å². The summed E-state index contributed by atoms with van der Waals surface area (Å²) in [7, 11) is 0. The van der Waals surface area contributed by atoms with E-state index in [4.69, 9.17) is 9.68 Å². The fourth-order valence-electron chi connectivity index (χ4n) is 2.02. The van der Waals surface area contributed by atoms with Gasteiger partial charge in [0.15, 0.2) is 0 Å². The molecule has 7 nitrogen and oxygen atoms in total. The van der Waals surface area contributed by atoms with Crippen LogP contribution in [-0.4, -0.2) is 15.7 Å². The molecule has 3 aromatic rings. The van der Waals surface area contributed by atoms with E-state index in [1.54, 1.807) is 37.3 Å². The molecule has 2 heterocycles. The molecular weight excluding hydrogens is 328 g/mol. The van der Waals surface area contributed by atoms with Crippen LogP contribution in [0.15, 0.2) is 51.0 Å². The molecule has 1 atom stereocenters. The number of nitrogens with one attached hydrogen (secondary N) is 1. The van der Waals surface area contributed by atoms with Gasteiger partial charge in [0.2, 0.25) is 5.91 Å². The maximum absolute atomic E-state index is 12.3. The Hall–Kier alpha value is -3.18. The van der Waals surface area contributed by atoms with Gasteiger partial charge in [-0.3, -0.25) is 4.79 Å². The van der Waals surface area contributed by atoms with E-state index in [1.165, 1.54) is 11.3 Å². The van der Waals surface area contributed by atoms with Crippen LogP contribution in [0.3, 0.4) is 0 Å². The molecule has 24 heavy (non-hydrogen) atoms. The maximum atomic E-state index is 12.3. The third-order valence-electron chi connectivity index (χ3n) is 3.33. The summed E-state index contributed by atoms with van der Waals surface area (Å²) in [6.07, 6.45) is 0. The third kappa shape index (κ3) is 3.11. The zero-order valence-electron chi connectivity index (χ0n) is 12.6. The Labute approximate surface area is 140 Å². The first-order chi connectivity index (χ1) is 11.6. The lowest BCUT2D eigenvalue weighted by molar-refractivity contribution is -0.119. The molecule has 120 valence electrons. The topological polar surface area (TPSA) is 101 Å². The van der Waals surface area contributed by atoms with Crippen molar-refractivity contribution in [1.82, 2.24) is 9.78 Å². The van der Waals surface area contributed by atoms with Crippen molar-refractivity contribution in [2.24, 2.45) is 0 Å². The van der Waals surface area contributed by atoms with Crippen LogP contribution in [0.2, 0.25) is 0 Å². The zero-order valence-corrected chi connectivity index (χ0v) is 13.4. The van der Waals surface area contributed by atoms with Crippen LogP contribution >= 0.6 is 11.3 Å². The summed E-state index contributed by atoms with van der Waals surface area (Å²) in [5, 5.41) is 17.4. The number of hydrogen-bond acceptors (Lipinski definition) is 6. The van der Waals surface area contributed by atoms with Crippen LogP contribution < -0.4 is 11.1 Å². The Bertz CT molecular complexity index is 949. The number of aromatic nitrogens is 2. The molecule has 0 aliphatic rings. The predicted octanol–water partition coefficient (Wildman–Crippen LogP) is 2.64. The fraction of sp³-hybridized carbons (Fsp3) is 0.125. The molecule has 1 amide bonds. The summed E-state index contributed by atoms with van der Waals surface area (Å²) in [5.41, 5.74) is 1.02. The molecule has 0 saturated heterocycles. The summed E-state index contributed by atoms with van der Waals surface area (Å²) in [5.74, 6) is -0.915. The molecule has 0 spiro atoms. The largest absolute Gasteiger partial charge is 0.438 e. The monoisotopic (exact) mass is 340 g/mol. The quantitative estimate of drug-likeness (QED) is 0.787. The Balaban J connectivity index is 1.78. The number of hydrogen-bond donors (Lipinski definition) is 1. The van der Waals surface area contributed by atoms with Crippen LogP contribution in [0.4, 0.5) is 5.69 Å². The van der Waals surface area contributed by atoms with Crippen LogP contribution in [-0.2, 0) is 4.79 Å². The van der Waals surface area contributed by atoms with E-state index < -0.39 is 17.7 Å². The van der Waals surface area contributed by atoms with Crippen molar-refractivity contribution >= 4 is 22.9 Å². The zero-order chi connectivity index (χ0) is 17.1. The van der Waals surface area contributed by atoms with Crippen molar-refractivity contribution in [3.8, 4) is 16.8 Å². The van der Waals surface area contributed by atoms with E-state index in [9.17, 15) is 9.59 Å². The molecule has 0 radical (unpaired) electrons. The number of nitriles is 1. The lowest BCUT2D eigenvalue weighted by Gasteiger charge is -2.10. The smallest absolute Gasteiger partial charge is 0.387 e. The second-order valence-electron chi connectivity index (χ2n) is 4.95. The molecule has 0 bridgehead atoms. The standard InChI is InChI=1S/C16H12N4O3S/c1-10(14(21)18-12-6-4-11(9-17)5-7-12)20-16(22)23-15(19-20)13-3-2-8-24-13/h2-8,10H,1H3,(H,18,21)/t10-/m0/s1. The number of amides is 1. The van der Waals surface area contributed by atoms with Gasteiger partial charge in [0, 0.05) is 5.69 Å².